The minimum Gasteiger partial charge on any atom is -0.480 e. The number of hydrogen-bond acceptors (Lipinski definition) is 3. The first-order valence-corrected chi connectivity index (χ1v) is 6.54. The molecule has 0 aliphatic carbocycles. The van der Waals surface area contributed by atoms with Gasteiger partial charge < -0.3 is 15.0 Å². The normalized spacial score (nSPS) is 13.6. The number of carbonyl (C=O) groups excluding carboxylic acids is 1. The lowest BCUT2D eigenvalue weighted by Gasteiger charge is -2.20. The summed E-state index contributed by atoms with van der Waals surface area (Å²) in [4.78, 5) is 34.6. The molecule has 0 bridgehead atoms. The Morgan fingerprint density at radius 3 is 2.60 bits per heavy atom. The number of aryl methyl sites for hydroxylation is 1. The summed E-state index contributed by atoms with van der Waals surface area (Å²) in [7, 11) is 0. The van der Waals surface area contributed by atoms with E-state index < -0.39 is 17.9 Å². The number of carbonyl (C=O) groups is 2. The van der Waals surface area contributed by atoms with E-state index >= 15 is 0 Å². The first-order chi connectivity index (χ1) is 9.35. The number of amides is 1. The highest BCUT2D eigenvalue weighted by molar-refractivity contribution is 5.83. The molecule has 1 aromatic rings. The standard InChI is InChI=1S/C14H20N2O4/c1-4-10(3)13(14(19)20)15-11(17)8-16-6-5-9(2)7-12(16)18/h5-7,10,13H,4,8H2,1-3H3,(H,15,17)(H,19,20)/t10-,13-/m0/s1. The number of rotatable bonds is 6. The van der Waals surface area contributed by atoms with Crippen molar-refractivity contribution in [1.29, 1.82) is 0 Å². The van der Waals surface area contributed by atoms with Crippen molar-refractivity contribution in [2.24, 2.45) is 5.92 Å². The molecule has 0 spiro atoms. The Morgan fingerprint density at radius 1 is 1.45 bits per heavy atom. The first-order valence-electron chi connectivity index (χ1n) is 6.54. The van der Waals surface area contributed by atoms with E-state index in [0.29, 0.717) is 6.42 Å². The maximum Gasteiger partial charge on any atom is 0.326 e. The summed E-state index contributed by atoms with van der Waals surface area (Å²) in [6.07, 6.45) is 2.16. The van der Waals surface area contributed by atoms with E-state index in [1.807, 2.05) is 6.92 Å². The molecule has 2 N–H and O–H groups in total. The van der Waals surface area contributed by atoms with Crippen LogP contribution in [0.5, 0.6) is 0 Å². The molecule has 110 valence electrons. The molecule has 1 rings (SSSR count). The highest BCUT2D eigenvalue weighted by atomic mass is 16.4. The van der Waals surface area contributed by atoms with E-state index in [-0.39, 0.29) is 18.0 Å². The molecule has 0 radical (unpaired) electrons. The highest BCUT2D eigenvalue weighted by Gasteiger charge is 2.25. The van der Waals surface area contributed by atoms with Crippen LogP contribution >= 0.6 is 0 Å². The second kappa shape index (κ2) is 6.88. The maximum absolute atomic E-state index is 11.9. The largest absolute Gasteiger partial charge is 0.480 e. The van der Waals surface area contributed by atoms with Crippen molar-refractivity contribution in [1.82, 2.24) is 9.88 Å². The predicted molar refractivity (Wildman–Crippen MR) is 74.5 cm³/mol. The van der Waals surface area contributed by atoms with Gasteiger partial charge >= 0.3 is 5.97 Å². The molecule has 6 nitrogen and oxygen atoms in total. The molecular formula is C14H20N2O4. The molecule has 20 heavy (non-hydrogen) atoms. The molecule has 2 atom stereocenters. The molecule has 0 aromatic carbocycles. The van der Waals surface area contributed by atoms with Gasteiger partial charge in [0.1, 0.15) is 12.6 Å². The number of hydrogen-bond donors (Lipinski definition) is 2. The fourth-order valence-corrected chi connectivity index (χ4v) is 1.79. The van der Waals surface area contributed by atoms with E-state index in [0.717, 1.165) is 5.56 Å². The van der Waals surface area contributed by atoms with Crippen LogP contribution in [-0.2, 0) is 16.1 Å². The quantitative estimate of drug-likeness (QED) is 0.805. The molecule has 1 amide bonds. The van der Waals surface area contributed by atoms with Crippen LogP contribution < -0.4 is 10.9 Å². The molecule has 0 saturated heterocycles. The van der Waals surface area contributed by atoms with Gasteiger partial charge in [0, 0.05) is 12.3 Å². The zero-order valence-corrected chi connectivity index (χ0v) is 11.9. The zero-order chi connectivity index (χ0) is 15.3. The average molecular weight is 280 g/mol. The van der Waals surface area contributed by atoms with Gasteiger partial charge in [0.05, 0.1) is 0 Å². The van der Waals surface area contributed by atoms with E-state index in [1.165, 1.54) is 16.8 Å². The lowest BCUT2D eigenvalue weighted by molar-refractivity contribution is -0.143. The van der Waals surface area contributed by atoms with Crippen LogP contribution in [-0.4, -0.2) is 27.6 Å². The Bertz CT molecular complexity index is 550. The molecule has 0 fully saturated rings. The van der Waals surface area contributed by atoms with Crippen LogP contribution in [0.15, 0.2) is 23.1 Å². The van der Waals surface area contributed by atoms with Gasteiger partial charge in [0.25, 0.3) is 5.56 Å². The van der Waals surface area contributed by atoms with Crippen molar-refractivity contribution >= 4 is 11.9 Å². The Kier molecular flexibility index (Phi) is 5.49. The van der Waals surface area contributed by atoms with Crippen molar-refractivity contribution in [2.45, 2.75) is 39.8 Å². The summed E-state index contributed by atoms with van der Waals surface area (Å²) >= 11 is 0. The number of carboxylic acids is 1. The van der Waals surface area contributed by atoms with Gasteiger partial charge in [-0.05, 0) is 24.5 Å². The molecule has 0 aliphatic rings. The summed E-state index contributed by atoms with van der Waals surface area (Å²) in [5.74, 6) is -1.72. The predicted octanol–water partition coefficient (Wildman–Crippen LogP) is 0.772. The van der Waals surface area contributed by atoms with Crippen molar-refractivity contribution < 1.29 is 14.7 Å². The molecule has 0 saturated carbocycles. The number of carboxylic acid groups (broad SMARTS) is 1. The second-order valence-electron chi connectivity index (χ2n) is 4.94. The van der Waals surface area contributed by atoms with Gasteiger partial charge in [0.15, 0.2) is 0 Å². The minimum absolute atomic E-state index is 0.175. The van der Waals surface area contributed by atoms with Gasteiger partial charge in [0.2, 0.25) is 5.91 Å². The van der Waals surface area contributed by atoms with Crippen LogP contribution in [0.4, 0.5) is 0 Å². The van der Waals surface area contributed by atoms with E-state index in [4.69, 9.17) is 5.11 Å². The molecule has 1 aromatic heterocycles. The Hall–Kier alpha value is -2.11. The topological polar surface area (TPSA) is 88.4 Å². The van der Waals surface area contributed by atoms with E-state index in [2.05, 4.69) is 5.32 Å². The molecule has 0 aliphatic heterocycles. The summed E-state index contributed by atoms with van der Waals surface area (Å²) in [5.41, 5.74) is 0.533. The van der Waals surface area contributed by atoms with Crippen LogP contribution in [0.25, 0.3) is 0 Å². The second-order valence-corrected chi connectivity index (χ2v) is 4.94. The Balaban J connectivity index is 2.75. The number of aromatic nitrogens is 1. The smallest absolute Gasteiger partial charge is 0.326 e. The van der Waals surface area contributed by atoms with Gasteiger partial charge in [-0.1, -0.05) is 20.3 Å². The van der Waals surface area contributed by atoms with Crippen LogP contribution in [0.2, 0.25) is 0 Å². The maximum atomic E-state index is 11.9. The third-order valence-electron chi connectivity index (χ3n) is 3.26. The van der Waals surface area contributed by atoms with Crippen LogP contribution in [0.3, 0.4) is 0 Å². The molecular weight excluding hydrogens is 260 g/mol. The van der Waals surface area contributed by atoms with E-state index in [1.54, 1.807) is 19.9 Å². The number of aliphatic carboxylic acids is 1. The van der Waals surface area contributed by atoms with Crippen molar-refractivity contribution in [3.05, 3.63) is 34.2 Å². The monoisotopic (exact) mass is 280 g/mol. The number of nitrogens with zero attached hydrogens (tertiary/aromatic N) is 1. The summed E-state index contributed by atoms with van der Waals surface area (Å²) in [6.45, 7) is 5.23. The van der Waals surface area contributed by atoms with E-state index in [9.17, 15) is 14.4 Å². The lowest BCUT2D eigenvalue weighted by Crippen LogP contribution is -2.46. The zero-order valence-electron chi connectivity index (χ0n) is 11.9. The van der Waals surface area contributed by atoms with Gasteiger partial charge in [-0.2, -0.15) is 0 Å². The number of pyridine rings is 1. The van der Waals surface area contributed by atoms with Crippen LogP contribution in [0.1, 0.15) is 25.8 Å². The minimum atomic E-state index is -1.07. The SMILES string of the molecule is CC[C@H](C)[C@H](NC(=O)Cn1ccc(C)cc1=O)C(=O)O. The number of nitrogens with one attached hydrogen (secondary N) is 1. The fourth-order valence-electron chi connectivity index (χ4n) is 1.79. The van der Waals surface area contributed by atoms with Gasteiger partial charge in [-0.25, -0.2) is 4.79 Å². The highest BCUT2D eigenvalue weighted by Crippen LogP contribution is 2.07. The fraction of sp³-hybridized carbons (Fsp3) is 0.500. The third kappa shape index (κ3) is 4.22. The first kappa shape index (κ1) is 15.9. The average Bonchev–Trinajstić information content (AvgIpc) is 2.38. The summed E-state index contributed by atoms with van der Waals surface area (Å²) in [5, 5.41) is 11.6. The Morgan fingerprint density at radius 2 is 2.10 bits per heavy atom. The summed E-state index contributed by atoms with van der Waals surface area (Å²) < 4.78 is 1.25. The molecule has 1 heterocycles. The molecule has 0 unspecified atom stereocenters. The van der Waals surface area contributed by atoms with Gasteiger partial charge in [-0.15, -0.1) is 0 Å². The van der Waals surface area contributed by atoms with Gasteiger partial charge in [-0.3, -0.25) is 9.59 Å². The van der Waals surface area contributed by atoms with Crippen molar-refractivity contribution in [2.75, 3.05) is 0 Å². The van der Waals surface area contributed by atoms with Crippen LogP contribution in [0, 0.1) is 12.8 Å². The molecule has 6 heteroatoms. The van der Waals surface area contributed by atoms with Crippen molar-refractivity contribution in [3.8, 4) is 0 Å². The lowest BCUT2D eigenvalue weighted by atomic mass is 9.99. The van der Waals surface area contributed by atoms with Crippen molar-refractivity contribution in [3.63, 3.8) is 0 Å². The summed E-state index contributed by atoms with van der Waals surface area (Å²) in [6, 6.07) is 2.21. The Labute approximate surface area is 117 Å². The third-order valence-corrected chi connectivity index (χ3v) is 3.26.